The smallest absolute Gasteiger partial charge is 0.244 e. The summed E-state index contributed by atoms with van der Waals surface area (Å²) in [4.78, 5) is 27.5. The molecular formula is C24H32FN3O5S. The average molecular weight is 494 g/mol. The van der Waals surface area contributed by atoms with E-state index in [1.54, 1.807) is 38.1 Å². The highest BCUT2D eigenvalue weighted by Gasteiger charge is 2.31. The molecule has 1 atom stereocenters. The highest BCUT2D eigenvalue weighted by Crippen LogP contribution is 2.23. The topological polar surface area (TPSA) is 96.0 Å². The van der Waals surface area contributed by atoms with Gasteiger partial charge >= 0.3 is 0 Å². The number of benzene rings is 2. The van der Waals surface area contributed by atoms with Crippen LogP contribution in [0.25, 0.3) is 0 Å². The predicted octanol–water partition coefficient (Wildman–Crippen LogP) is 2.93. The highest BCUT2D eigenvalue weighted by atomic mass is 32.2. The van der Waals surface area contributed by atoms with Crippen molar-refractivity contribution in [1.82, 2.24) is 10.2 Å². The Morgan fingerprint density at radius 3 is 2.15 bits per heavy atom. The third kappa shape index (κ3) is 7.44. The van der Waals surface area contributed by atoms with Crippen molar-refractivity contribution < 1.29 is 27.1 Å². The minimum absolute atomic E-state index is 0.0234. The Kier molecular flexibility index (Phi) is 9.85. The van der Waals surface area contributed by atoms with Gasteiger partial charge < -0.3 is 15.0 Å². The quantitative estimate of drug-likeness (QED) is 0.491. The molecule has 0 aliphatic carbocycles. The number of halogens is 1. The van der Waals surface area contributed by atoms with Crippen LogP contribution >= 0.6 is 0 Å². The number of anilines is 1. The van der Waals surface area contributed by atoms with Crippen molar-refractivity contribution in [3.8, 4) is 5.75 Å². The summed E-state index contributed by atoms with van der Waals surface area (Å²) in [5, 5.41) is 2.72. The second-order valence-electron chi connectivity index (χ2n) is 7.66. The van der Waals surface area contributed by atoms with Crippen LogP contribution in [0.3, 0.4) is 0 Å². The number of carbonyl (C=O) groups excluding carboxylic acids is 2. The summed E-state index contributed by atoms with van der Waals surface area (Å²) in [6.07, 6.45) is 1.34. The van der Waals surface area contributed by atoms with Crippen molar-refractivity contribution in [1.29, 1.82) is 0 Å². The van der Waals surface area contributed by atoms with Gasteiger partial charge in [-0.15, -0.1) is 0 Å². The van der Waals surface area contributed by atoms with Gasteiger partial charge in [0, 0.05) is 13.1 Å². The molecule has 1 unspecified atom stereocenters. The predicted molar refractivity (Wildman–Crippen MR) is 130 cm³/mol. The molecule has 0 bridgehead atoms. The second kappa shape index (κ2) is 12.4. The molecule has 186 valence electrons. The molecule has 2 amide bonds. The number of hydrogen-bond acceptors (Lipinski definition) is 5. The fraction of sp³-hybridized carbons (Fsp3) is 0.417. The number of nitrogens with one attached hydrogen (secondary N) is 1. The molecule has 0 heterocycles. The Bertz CT molecular complexity index is 1060. The number of ether oxygens (including phenoxy) is 1. The standard InChI is InChI=1S/C24H32FN3O5S/c1-5-22(24(30)26-6-2)27(16-18-8-10-19(25)11-9-18)23(29)17-28(34(4,31)32)20-12-14-21(15-13-20)33-7-3/h8-15,22H,5-7,16-17H2,1-4H3,(H,26,30). The van der Waals surface area contributed by atoms with E-state index in [0.717, 1.165) is 10.6 Å². The molecule has 8 nitrogen and oxygen atoms in total. The summed E-state index contributed by atoms with van der Waals surface area (Å²) in [6.45, 7) is 5.75. The van der Waals surface area contributed by atoms with E-state index in [1.165, 1.54) is 29.2 Å². The molecule has 0 aromatic heterocycles. The van der Waals surface area contributed by atoms with Crippen molar-refractivity contribution in [2.45, 2.75) is 39.8 Å². The molecule has 2 aromatic rings. The highest BCUT2D eigenvalue weighted by molar-refractivity contribution is 7.92. The monoisotopic (exact) mass is 493 g/mol. The number of hydrogen-bond donors (Lipinski definition) is 1. The molecule has 34 heavy (non-hydrogen) atoms. The van der Waals surface area contributed by atoms with Gasteiger partial charge in [-0.05, 0) is 62.2 Å². The largest absolute Gasteiger partial charge is 0.494 e. The zero-order chi connectivity index (χ0) is 25.3. The molecule has 10 heteroatoms. The number of rotatable bonds is 12. The lowest BCUT2D eigenvalue weighted by molar-refractivity contribution is -0.140. The van der Waals surface area contributed by atoms with Gasteiger partial charge in [0.05, 0.1) is 18.6 Å². The Balaban J connectivity index is 2.39. The summed E-state index contributed by atoms with van der Waals surface area (Å²) in [6, 6.07) is 11.2. The second-order valence-corrected chi connectivity index (χ2v) is 9.57. The van der Waals surface area contributed by atoms with Gasteiger partial charge in [0.25, 0.3) is 0 Å². The van der Waals surface area contributed by atoms with Crippen molar-refractivity contribution in [2.24, 2.45) is 0 Å². The Labute approximate surface area is 200 Å². The third-order valence-corrected chi connectivity index (χ3v) is 6.26. The summed E-state index contributed by atoms with van der Waals surface area (Å²) in [7, 11) is -3.82. The van der Waals surface area contributed by atoms with Crippen LogP contribution in [0.1, 0.15) is 32.8 Å². The fourth-order valence-corrected chi connectivity index (χ4v) is 4.34. The third-order valence-electron chi connectivity index (χ3n) is 5.12. The summed E-state index contributed by atoms with van der Waals surface area (Å²) in [5.41, 5.74) is 0.913. The SMILES string of the molecule is CCNC(=O)C(CC)N(Cc1ccc(F)cc1)C(=O)CN(c1ccc(OCC)cc1)S(C)(=O)=O. The van der Waals surface area contributed by atoms with Gasteiger partial charge in [-0.2, -0.15) is 0 Å². The van der Waals surface area contributed by atoms with Crippen LogP contribution in [0, 0.1) is 5.82 Å². The molecule has 0 fully saturated rings. The maximum atomic E-state index is 13.5. The molecule has 0 aliphatic heterocycles. The first-order valence-electron chi connectivity index (χ1n) is 11.1. The first kappa shape index (κ1) is 27.1. The molecule has 0 saturated heterocycles. The molecule has 2 rings (SSSR count). The normalized spacial score (nSPS) is 12.0. The first-order chi connectivity index (χ1) is 16.1. The molecule has 0 saturated carbocycles. The lowest BCUT2D eigenvalue weighted by Gasteiger charge is -2.32. The molecule has 1 N–H and O–H groups in total. The molecular weight excluding hydrogens is 461 g/mol. The van der Waals surface area contributed by atoms with Crippen LogP contribution in [0.4, 0.5) is 10.1 Å². The Morgan fingerprint density at radius 1 is 1.03 bits per heavy atom. The zero-order valence-corrected chi connectivity index (χ0v) is 20.8. The number of likely N-dealkylation sites (N-methyl/N-ethyl adjacent to an activating group) is 1. The van der Waals surface area contributed by atoms with Gasteiger partial charge in [0.15, 0.2) is 0 Å². The molecule has 0 radical (unpaired) electrons. The maximum Gasteiger partial charge on any atom is 0.244 e. The molecule has 0 aliphatic rings. The maximum absolute atomic E-state index is 13.5. The van der Waals surface area contributed by atoms with Crippen LogP contribution in [0.2, 0.25) is 0 Å². The van der Waals surface area contributed by atoms with E-state index in [0.29, 0.717) is 36.6 Å². The Morgan fingerprint density at radius 2 is 1.65 bits per heavy atom. The van der Waals surface area contributed by atoms with E-state index in [2.05, 4.69) is 5.32 Å². The van der Waals surface area contributed by atoms with E-state index in [4.69, 9.17) is 4.74 Å². The number of sulfonamides is 1. The number of nitrogens with zero attached hydrogens (tertiary/aromatic N) is 2. The van der Waals surface area contributed by atoms with E-state index in [9.17, 15) is 22.4 Å². The molecule has 0 spiro atoms. The van der Waals surface area contributed by atoms with E-state index < -0.39 is 34.3 Å². The average Bonchev–Trinajstić information content (AvgIpc) is 2.79. The van der Waals surface area contributed by atoms with Gasteiger partial charge in [0.1, 0.15) is 24.2 Å². The van der Waals surface area contributed by atoms with Crippen LogP contribution < -0.4 is 14.4 Å². The van der Waals surface area contributed by atoms with E-state index in [1.807, 2.05) is 6.92 Å². The zero-order valence-electron chi connectivity index (χ0n) is 20.0. The van der Waals surface area contributed by atoms with E-state index >= 15 is 0 Å². The van der Waals surface area contributed by atoms with E-state index in [-0.39, 0.29) is 12.5 Å². The van der Waals surface area contributed by atoms with Crippen LogP contribution in [0.5, 0.6) is 5.75 Å². The molecule has 2 aromatic carbocycles. The Hall–Kier alpha value is -3.14. The number of amides is 2. The lowest BCUT2D eigenvalue weighted by Crippen LogP contribution is -2.52. The minimum Gasteiger partial charge on any atom is -0.494 e. The van der Waals surface area contributed by atoms with Crippen LogP contribution in [-0.4, -0.2) is 57.1 Å². The van der Waals surface area contributed by atoms with Crippen LogP contribution in [-0.2, 0) is 26.2 Å². The van der Waals surface area contributed by atoms with Gasteiger partial charge in [-0.1, -0.05) is 19.1 Å². The van der Waals surface area contributed by atoms with Crippen molar-refractivity contribution in [3.63, 3.8) is 0 Å². The fourth-order valence-electron chi connectivity index (χ4n) is 3.49. The van der Waals surface area contributed by atoms with Crippen LogP contribution in [0.15, 0.2) is 48.5 Å². The van der Waals surface area contributed by atoms with Gasteiger partial charge in [-0.3, -0.25) is 13.9 Å². The van der Waals surface area contributed by atoms with Gasteiger partial charge in [0.2, 0.25) is 21.8 Å². The van der Waals surface area contributed by atoms with Gasteiger partial charge in [-0.25, -0.2) is 12.8 Å². The lowest BCUT2D eigenvalue weighted by atomic mass is 10.1. The minimum atomic E-state index is -3.82. The number of carbonyl (C=O) groups is 2. The van der Waals surface area contributed by atoms with Crippen molar-refractivity contribution in [3.05, 3.63) is 59.9 Å². The van der Waals surface area contributed by atoms with Crippen molar-refractivity contribution >= 4 is 27.5 Å². The summed E-state index contributed by atoms with van der Waals surface area (Å²) < 4.78 is 44.9. The summed E-state index contributed by atoms with van der Waals surface area (Å²) in [5.74, 6) is -0.739. The summed E-state index contributed by atoms with van der Waals surface area (Å²) >= 11 is 0. The van der Waals surface area contributed by atoms with Crippen molar-refractivity contribution in [2.75, 3.05) is 30.3 Å². The first-order valence-corrected chi connectivity index (χ1v) is 13.0.